The molecule has 0 saturated heterocycles. The van der Waals surface area contributed by atoms with Gasteiger partial charge >= 0.3 is 0 Å². The zero-order chi connectivity index (χ0) is 22.2. The fourth-order valence-corrected chi connectivity index (χ4v) is 5.31. The number of aromatic amines is 1. The molecule has 2 aromatic heterocycles. The van der Waals surface area contributed by atoms with Crippen molar-refractivity contribution in [2.75, 3.05) is 5.75 Å². The summed E-state index contributed by atoms with van der Waals surface area (Å²) in [6, 6.07) is 14.0. The molecule has 1 saturated carbocycles. The number of benzene rings is 2. The molecule has 0 aliphatic heterocycles. The van der Waals surface area contributed by atoms with Crippen LogP contribution in [0, 0.1) is 13.8 Å². The number of amides is 1. The molecule has 2 heterocycles. The molecule has 1 aliphatic carbocycles. The molecule has 7 heteroatoms. The van der Waals surface area contributed by atoms with Crippen LogP contribution < -0.4 is 10.9 Å². The number of hydrogen-bond donors (Lipinski definition) is 2. The molecule has 0 atom stereocenters. The largest absolute Gasteiger partial charge is 0.353 e. The smallest absolute Gasteiger partial charge is 0.283 e. The Balaban J connectivity index is 1.61. The van der Waals surface area contributed by atoms with Gasteiger partial charge in [0.2, 0.25) is 5.91 Å². The van der Waals surface area contributed by atoms with Crippen molar-refractivity contribution in [2.24, 2.45) is 0 Å². The summed E-state index contributed by atoms with van der Waals surface area (Å²) >= 11 is 1.31. The molecule has 1 amide bonds. The van der Waals surface area contributed by atoms with Crippen LogP contribution in [0.3, 0.4) is 0 Å². The lowest BCUT2D eigenvalue weighted by Gasteiger charge is -2.16. The van der Waals surface area contributed by atoms with Crippen LogP contribution in [0.4, 0.5) is 0 Å². The van der Waals surface area contributed by atoms with Crippen molar-refractivity contribution < 1.29 is 4.79 Å². The van der Waals surface area contributed by atoms with Crippen LogP contribution in [-0.2, 0) is 4.79 Å². The number of carbonyl (C=O) groups is 1. The van der Waals surface area contributed by atoms with Gasteiger partial charge in [-0.05, 0) is 49.9 Å². The van der Waals surface area contributed by atoms with Crippen LogP contribution in [0.15, 0.2) is 52.4 Å². The van der Waals surface area contributed by atoms with Crippen molar-refractivity contribution in [1.82, 2.24) is 19.9 Å². The third kappa shape index (κ3) is 3.71. The summed E-state index contributed by atoms with van der Waals surface area (Å²) < 4.78 is 1.65. The minimum absolute atomic E-state index is 0.0114. The molecule has 2 aromatic carbocycles. The number of rotatable bonds is 5. The second-order valence-corrected chi connectivity index (χ2v) is 9.43. The van der Waals surface area contributed by atoms with Gasteiger partial charge in [0.15, 0.2) is 5.16 Å². The highest BCUT2D eigenvalue weighted by Gasteiger charge is 2.21. The van der Waals surface area contributed by atoms with Crippen molar-refractivity contribution in [3.05, 3.63) is 63.9 Å². The van der Waals surface area contributed by atoms with E-state index in [-0.39, 0.29) is 23.3 Å². The summed E-state index contributed by atoms with van der Waals surface area (Å²) in [6.07, 6.45) is 4.43. The normalized spacial score (nSPS) is 14.4. The quantitative estimate of drug-likeness (QED) is 0.346. The lowest BCUT2D eigenvalue weighted by Crippen LogP contribution is -2.34. The van der Waals surface area contributed by atoms with Gasteiger partial charge in [0.05, 0.1) is 11.4 Å². The molecule has 32 heavy (non-hydrogen) atoms. The molecular weight excluding hydrogens is 420 g/mol. The Bertz CT molecular complexity index is 1380. The first-order valence-corrected chi connectivity index (χ1v) is 12.0. The fraction of sp³-hybridized carbons (Fsp3) is 0.320. The van der Waals surface area contributed by atoms with Crippen LogP contribution in [0.1, 0.15) is 36.8 Å². The number of nitrogens with one attached hydrogen (secondary N) is 2. The molecule has 6 nitrogen and oxygen atoms in total. The van der Waals surface area contributed by atoms with E-state index in [1.165, 1.54) is 24.6 Å². The first-order valence-electron chi connectivity index (χ1n) is 11.0. The number of H-pyrrole nitrogens is 1. The van der Waals surface area contributed by atoms with E-state index in [0.29, 0.717) is 16.2 Å². The molecule has 2 N–H and O–H groups in total. The monoisotopic (exact) mass is 446 g/mol. The number of carbonyl (C=O) groups excluding carboxylic acids is 1. The Morgan fingerprint density at radius 3 is 2.75 bits per heavy atom. The zero-order valence-corrected chi connectivity index (χ0v) is 19.1. The van der Waals surface area contributed by atoms with Crippen LogP contribution in [0.2, 0.25) is 0 Å². The summed E-state index contributed by atoms with van der Waals surface area (Å²) in [5, 5.41) is 4.56. The van der Waals surface area contributed by atoms with Gasteiger partial charge in [-0.1, -0.05) is 54.9 Å². The number of fused-ring (bicyclic) bond motifs is 3. The lowest BCUT2D eigenvalue weighted by molar-refractivity contribution is -0.119. The summed E-state index contributed by atoms with van der Waals surface area (Å²) in [6.45, 7) is 4.04. The van der Waals surface area contributed by atoms with Crippen molar-refractivity contribution in [3.8, 4) is 5.69 Å². The molecule has 0 spiro atoms. The molecule has 4 aromatic rings. The predicted molar refractivity (Wildman–Crippen MR) is 130 cm³/mol. The van der Waals surface area contributed by atoms with E-state index in [2.05, 4.69) is 10.3 Å². The van der Waals surface area contributed by atoms with Crippen molar-refractivity contribution in [1.29, 1.82) is 0 Å². The second kappa shape index (κ2) is 8.47. The zero-order valence-electron chi connectivity index (χ0n) is 18.3. The van der Waals surface area contributed by atoms with Crippen LogP contribution in [-0.4, -0.2) is 32.2 Å². The topological polar surface area (TPSA) is 79.8 Å². The highest BCUT2D eigenvalue weighted by Crippen LogP contribution is 2.28. The Hall–Kier alpha value is -3.06. The van der Waals surface area contributed by atoms with Gasteiger partial charge < -0.3 is 10.3 Å². The van der Waals surface area contributed by atoms with Gasteiger partial charge in [-0.25, -0.2) is 4.98 Å². The van der Waals surface area contributed by atoms with Crippen molar-refractivity contribution >= 4 is 39.6 Å². The summed E-state index contributed by atoms with van der Waals surface area (Å²) in [4.78, 5) is 34.4. The van der Waals surface area contributed by atoms with Crippen molar-refractivity contribution in [3.63, 3.8) is 0 Å². The lowest BCUT2D eigenvalue weighted by atomic mass is 10.1. The average Bonchev–Trinajstić information content (AvgIpc) is 3.43. The highest BCUT2D eigenvalue weighted by molar-refractivity contribution is 7.99. The van der Waals surface area contributed by atoms with Gasteiger partial charge in [-0.2, -0.15) is 0 Å². The van der Waals surface area contributed by atoms with Crippen LogP contribution in [0.5, 0.6) is 0 Å². The van der Waals surface area contributed by atoms with Crippen LogP contribution in [0.25, 0.3) is 27.6 Å². The molecule has 1 aliphatic rings. The van der Waals surface area contributed by atoms with E-state index in [1.807, 2.05) is 56.3 Å². The molecule has 164 valence electrons. The maximum Gasteiger partial charge on any atom is 0.283 e. The fourth-order valence-electron chi connectivity index (χ4n) is 4.50. The van der Waals surface area contributed by atoms with Gasteiger partial charge in [0.25, 0.3) is 5.56 Å². The molecule has 0 bridgehead atoms. The highest BCUT2D eigenvalue weighted by atomic mass is 32.2. The minimum Gasteiger partial charge on any atom is -0.353 e. The molecule has 0 unspecified atom stereocenters. The van der Waals surface area contributed by atoms with Crippen LogP contribution >= 0.6 is 11.8 Å². The third-order valence-corrected chi connectivity index (χ3v) is 7.30. The number of hydrogen-bond acceptors (Lipinski definition) is 4. The number of thioether (sulfide) groups is 1. The van der Waals surface area contributed by atoms with E-state index in [0.717, 1.165) is 40.6 Å². The Morgan fingerprint density at radius 1 is 1.16 bits per heavy atom. The predicted octanol–water partition coefficient (Wildman–Crippen LogP) is 4.63. The first kappa shape index (κ1) is 20.8. The number of nitrogens with zero attached hydrogens (tertiary/aromatic N) is 2. The molecule has 5 rings (SSSR count). The number of aryl methyl sites for hydroxylation is 1. The maximum absolute atomic E-state index is 13.7. The third-order valence-electron chi connectivity index (χ3n) is 6.36. The molecular formula is C25H26N4O2S. The van der Waals surface area contributed by atoms with E-state index in [4.69, 9.17) is 4.98 Å². The van der Waals surface area contributed by atoms with Gasteiger partial charge in [-0.3, -0.25) is 14.2 Å². The van der Waals surface area contributed by atoms with Crippen molar-refractivity contribution in [2.45, 2.75) is 50.7 Å². The van der Waals surface area contributed by atoms with E-state index < -0.39 is 0 Å². The Labute approximate surface area is 190 Å². The Kier molecular flexibility index (Phi) is 5.51. The van der Waals surface area contributed by atoms with E-state index in [9.17, 15) is 9.59 Å². The summed E-state index contributed by atoms with van der Waals surface area (Å²) in [5.74, 6) is 0.212. The standard InChI is InChI=1S/C25H26N4O2S/c1-15-8-7-13-20(16(15)2)29-24(31)23-22(18-11-5-6-12-19(18)27-23)28-25(29)32-14-21(30)26-17-9-3-4-10-17/h5-8,11-13,17,27H,3-4,9-10,14H2,1-2H3,(H,26,30). The minimum atomic E-state index is -0.154. The second-order valence-electron chi connectivity index (χ2n) is 8.49. The summed E-state index contributed by atoms with van der Waals surface area (Å²) in [7, 11) is 0. The van der Waals surface area contributed by atoms with Gasteiger partial charge in [0, 0.05) is 16.9 Å². The molecule has 0 radical (unpaired) electrons. The molecule has 1 fully saturated rings. The van der Waals surface area contributed by atoms with Gasteiger partial charge in [-0.15, -0.1) is 0 Å². The van der Waals surface area contributed by atoms with E-state index in [1.54, 1.807) is 4.57 Å². The number of para-hydroxylation sites is 1. The SMILES string of the molecule is Cc1cccc(-n2c(SCC(=O)NC3CCCC3)nc3c([nH]c4ccccc43)c2=O)c1C. The van der Waals surface area contributed by atoms with Gasteiger partial charge in [0.1, 0.15) is 11.0 Å². The number of aromatic nitrogens is 3. The Morgan fingerprint density at radius 2 is 1.94 bits per heavy atom. The average molecular weight is 447 g/mol. The maximum atomic E-state index is 13.7. The summed E-state index contributed by atoms with van der Waals surface area (Å²) in [5.41, 5.74) is 4.75. The first-order chi connectivity index (χ1) is 15.5. The van der Waals surface area contributed by atoms with E-state index >= 15 is 0 Å².